The van der Waals surface area contributed by atoms with Crippen LogP contribution in [-0.2, 0) is 4.79 Å². The molecule has 3 fully saturated rings. The van der Waals surface area contributed by atoms with Gasteiger partial charge in [-0.05, 0) is 18.8 Å². The first-order valence-electron chi connectivity index (χ1n) is 4.22. The van der Waals surface area contributed by atoms with Crippen LogP contribution >= 0.6 is 0 Å². The van der Waals surface area contributed by atoms with Crippen LogP contribution in [0.2, 0.25) is 0 Å². The quantitative estimate of drug-likeness (QED) is 0.522. The molecule has 0 aromatic heterocycles. The first kappa shape index (κ1) is 6.89. The van der Waals surface area contributed by atoms with Gasteiger partial charge in [0.05, 0.1) is 5.92 Å². The van der Waals surface area contributed by atoms with E-state index in [-0.39, 0.29) is 5.92 Å². The lowest BCUT2D eigenvalue weighted by atomic mass is 9.78. The van der Waals surface area contributed by atoms with Crippen molar-refractivity contribution in [1.82, 2.24) is 4.90 Å². The lowest BCUT2D eigenvalue weighted by Crippen LogP contribution is -2.45. The molecule has 0 spiro atoms. The van der Waals surface area contributed by atoms with Crippen molar-refractivity contribution in [2.24, 2.45) is 11.8 Å². The molecule has 2 nitrogen and oxygen atoms in total. The molecule has 0 amide bonds. The fraction of sp³-hybridized carbons (Fsp3) is 0.667. The van der Waals surface area contributed by atoms with Crippen LogP contribution in [0.3, 0.4) is 0 Å². The zero-order valence-electron chi connectivity index (χ0n) is 6.62. The van der Waals surface area contributed by atoms with E-state index in [1.54, 1.807) is 0 Å². The van der Waals surface area contributed by atoms with Gasteiger partial charge in [0.15, 0.2) is 0 Å². The largest absolute Gasteiger partial charge is 0.375 e. The van der Waals surface area contributed by atoms with Crippen LogP contribution < -0.4 is 0 Å². The maximum atomic E-state index is 10.7. The number of hydrogen-bond donors (Lipinski definition) is 0. The summed E-state index contributed by atoms with van der Waals surface area (Å²) >= 11 is 0. The Bertz CT molecular complexity index is 192. The Labute approximate surface area is 66.9 Å². The first-order chi connectivity index (χ1) is 5.33. The minimum absolute atomic E-state index is 0.137. The van der Waals surface area contributed by atoms with Crippen LogP contribution in [0, 0.1) is 11.8 Å². The van der Waals surface area contributed by atoms with Gasteiger partial charge in [-0.25, -0.2) is 0 Å². The van der Waals surface area contributed by atoms with Crippen LogP contribution in [0.4, 0.5) is 0 Å². The molecule has 3 saturated heterocycles. The maximum Gasteiger partial charge on any atom is 0.129 e. The SMILES string of the molecule is C=C1C(C=O)C2CCN1CC2. The predicted octanol–water partition coefficient (Wildman–Crippen LogP) is 1.04. The number of fused-ring (bicyclic) bond motifs is 3. The lowest BCUT2D eigenvalue weighted by molar-refractivity contribution is -0.114. The van der Waals surface area contributed by atoms with E-state index in [4.69, 9.17) is 0 Å². The van der Waals surface area contributed by atoms with Gasteiger partial charge >= 0.3 is 0 Å². The van der Waals surface area contributed by atoms with Gasteiger partial charge in [-0.3, -0.25) is 0 Å². The second-order valence-corrected chi connectivity index (χ2v) is 3.48. The fourth-order valence-electron chi connectivity index (χ4n) is 2.22. The van der Waals surface area contributed by atoms with Crippen molar-refractivity contribution in [1.29, 1.82) is 0 Å². The average molecular weight is 151 g/mol. The lowest BCUT2D eigenvalue weighted by Gasteiger charge is -2.45. The average Bonchev–Trinajstić information content (AvgIpc) is 2.06. The third-order valence-electron chi connectivity index (χ3n) is 2.99. The summed E-state index contributed by atoms with van der Waals surface area (Å²) in [6.07, 6.45) is 3.43. The van der Waals surface area contributed by atoms with Gasteiger partial charge in [0.25, 0.3) is 0 Å². The van der Waals surface area contributed by atoms with E-state index < -0.39 is 0 Å². The summed E-state index contributed by atoms with van der Waals surface area (Å²) in [6.45, 7) is 6.18. The van der Waals surface area contributed by atoms with Gasteiger partial charge in [0.1, 0.15) is 6.29 Å². The number of carbonyl (C=O) groups is 1. The Morgan fingerprint density at radius 1 is 1.45 bits per heavy atom. The molecule has 0 aliphatic carbocycles. The Morgan fingerprint density at radius 2 is 2.09 bits per heavy atom. The van der Waals surface area contributed by atoms with E-state index >= 15 is 0 Å². The molecule has 3 heterocycles. The Kier molecular flexibility index (Phi) is 1.48. The highest BCUT2D eigenvalue weighted by atomic mass is 16.1. The second-order valence-electron chi connectivity index (χ2n) is 3.48. The molecule has 11 heavy (non-hydrogen) atoms. The van der Waals surface area contributed by atoms with Crippen molar-refractivity contribution in [3.63, 3.8) is 0 Å². The van der Waals surface area contributed by atoms with Crippen molar-refractivity contribution >= 4 is 6.29 Å². The molecule has 3 aliphatic heterocycles. The highest BCUT2D eigenvalue weighted by molar-refractivity contribution is 5.59. The minimum atomic E-state index is 0.137. The van der Waals surface area contributed by atoms with Gasteiger partial charge in [-0.15, -0.1) is 0 Å². The third kappa shape index (κ3) is 0.889. The molecule has 60 valence electrons. The molecule has 2 bridgehead atoms. The number of nitrogens with zero attached hydrogens (tertiary/aromatic N) is 1. The summed E-state index contributed by atoms with van der Waals surface area (Å²) in [6, 6.07) is 0. The van der Waals surface area contributed by atoms with Crippen LogP contribution in [0.25, 0.3) is 0 Å². The molecule has 2 heteroatoms. The van der Waals surface area contributed by atoms with Gasteiger partial charge in [0.2, 0.25) is 0 Å². The Hall–Kier alpha value is -0.790. The monoisotopic (exact) mass is 151 g/mol. The number of piperidine rings is 3. The van der Waals surface area contributed by atoms with E-state index in [1.807, 2.05) is 0 Å². The van der Waals surface area contributed by atoms with Crippen molar-refractivity contribution in [3.8, 4) is 0 Å². The summed E-state index contributed by atoms with van der Waals surface area (Å²) in [7, 11) is 0. The van der Waals surface area contributed by atoms with Gasteiger partial charge in [0, 0.05) is 18.8 Å². The van der Waals surface area contributed by atoms with Gasteiger partial charge in [-0.1, -0.05) is 6.58 Å². The molecule has 0 aromatic carbocycles. The molecule has 0 aromatic rings. The van der Waals surface area contributed by atoms with Crippen molar-refractivity contribution in [2.45, 2.75) is 12.8 Å². The summed E-state index contributed by atoms with van der Waals surface area (Å²) in [4.78, 5) is 12.9. The van der Waals surface area contributed by atoms with Crippen molar-refractivity contribution in [2.75, 3.05) is 13.1 Å². The molecule has 0 radical (unpaired) electrons. The number of hydrogen-bond acceptors (Lipinski definition) is 2. The first-order valence-corrected chi connectivity index (χ1v) is 4.22. The fourth-order valence-corrected chi connectivity index (χ4v) is 2.22. The van der Waals surface area contributed by atoms with Crippen LogP contribution in [0.1, 0.15) is 12.8 Å². The summed E-state index contributed by atoms with van der Waals surface area (Å²) in [5.74, 6) is 0.738. The van der Waals surface area contributed by atoms with Gasteiger partial charge in [-0.2, -0.15) is 0 Å². The van der Waals surface area contributed by atoms with Crippen LogP contribution in [0.15, 0.2) is 12.3 Å². The van der Waals surface area contributed by atoms with Crippen molar-refractivity contribution in [3.05, 3.63) is 12.3 Å². The number of rotatable bonds is 1. The predicted molar refractivity (Wildman–Crippen MR) is 43.0 cm³/mol. The number of carbonyl (C=O) groups excluding carboxylic acids is 1. The molecule has 0 saturated carbocycles. The van der Waals surface area contributed by atoms with E-state index in [1.165, 1.54) is 12.8 Å². The minimum Gasteiger partial charge on any atom is -0.375 e. The number of allylic oxidation sites excluding steroid dienone is 1. The normalized spacial score (nSPS) is 36.0. The Balaban J connectivity index is 2.22. The van der Waals surface area contributed by atoms with Crippen LogP contribution in [0.5, 0.6) is 0 Å². The highest BCUT2D eigenvalue weighted by Gasteiger charge is 2.36. The zero-order chi connectivity index (χ0) is 7.84. The molecule has 1 atom stereocenters. The molecular weight excluding hydrogens is 138 g/mol. The topological polar surface area (TPSA) is 20.3 Å². The summed E-state index contributed by atoms with van der Waals surface area (Å²) in [5.41, 5.74) is 1.06. The zero-order valence-corrected chi connectivity index (χ0v) is 6.62. The standard InChI is InChI=1S/C9H13NO/c1-7-9(6-11)8-2-4-10(7)5-3-8/h6,8-9H,1-5H2. The Morgan fingerprint density at radius 3 is 2.45 bits per heavy atom. The summed E-state index contributed by atoms with van der Waals surface area (Å²) in [5, 5.41) is 0. The van der Waals surface area contributed by atoms with E-state index in [0.717, 1.165) is 25.1 Å². The molecule has 3 rings (SSSR count). The van der Waals surface area contributed by atoms with Crippen LogP contribution in [-0.4, -0.2) is 24.3 Å². The van der Waals surface area contributed by atoms with E-state index in [0.29, 0.717) is 5.92 Å². The maximum absolute atomic E-state index is 10.7. The third-order valence-corrected chi connectivity index (χ3v) is 2.99. The van der Waals surface area contributed by atoms with Crippen molar-refractivity contribution < 1.29 is 4.79 Å². The van der Waals surface area contributed by atoms with E-state index in [9.17, 15) is 4.79 Å². The van der Waals surface area contributed by atoms with Gasteiger partial charge < -0.3 is 9.69 Å². The second kappa shape index (κ2) is 2.36. The molecular formula is C9H13NO. The molecule has 1 unspecified atom stereocenters. The highest BCUT2D eigenvalue weighted by Crippen LogP contribution is 2.37. The number of aldehydes is 1. The molecule has 0 N–H and O–H groups in total. The smallest absolute Gasteiger partial charge is 0.129 e. The molecule has 3 aliphatic rings. The van der Waals surface area contributed by atoms with E-state index in [2.05, 4.69) is 11.5 Å². The summed E-state index contributed by atoms with van der Waals surface area (Å²) < 4.78 is 0.